The van der Waals surface area contributed by atoms with Crippen molar-refractivity contribution < 1.29 is 65.5 Å². The van der Waals surface area contributed by atoms with E-state index in [9.17, 15) is 41.0 Å². The topological polar surface area (TPSA) is 191 Å². The molecule has 0 radical (unpaired) electrons. The molecule has 0 atom stereocenters. The molecule has 3 aromatic rings. The van der Waals surface area contributed by atoms with Crippen molar-refractivity contribution in [1.82, 2.24) is 20.5 Å². The van der Waals surface area contributed by atoms with Crippen LogP contribution >= 0.6 is 11.3 Å². The van der Waals surface area contributed by atoms with Gasteiger partial charge in [0.15, 0.2) is 11.5 Å². The number of H-pyrrole nitrogens is 1. The minimum atomic E-state index is -5.08. The number of aliphatic carboxylic acids is 2. The number of hydrogen-bond acceptors (Lipinski definition) is 10. The van der Waals surface area contributed by atoms with E-state index in [-0.39, 0.29) is 23.3 Å². The number of amides is 1. The number of phenols is 1. The van der Waals surface area contributed by atoms with Crippen LogP contribution < -0.4 is 25.0 Å². The van der Waals surface area contributed by atoms with E-state index in [1.807, 2.05) is 18.2 Å². The molecule has 5 rings (SSSR count). The second-order valence-corrected chi connectivity index (χ2v) is 12.9. The number of nitrogens with one attached hydrogen (secondary N) is 3. The molecule has 53 heavy (non-hydrogen) atoms. The van der Waals surface area contributed by atoms with E-state index in [0.717, 1.165) is 90.5 Å². The molecule has 294 valence electrons. The van der Waals surface area contributed by atoms with Crippen molar-refractivity contribution >= 4 is 39.4 Å². The van der Waals surface area contributed by atoms with E-state index in [1.165, 1.54) is 19.3 Å². The molecule has 1 saturated carbocycles. The summed E-state index contributed by atoms with van der Waals surface area (Å²) in [4.78, 5) is 47.4. The molecule has 1 aliphatic carbocycles. The van der Waals surface area contributed by atoms with Gasteiger partial charge in [-0.25, -0.2) is 9.59 Å². The standard InChI is InChI=1S/C29H38N4O5S.2C2HF3O2/c34-23-8-7-21(28-27(23)32-29(36)39-28)10-13-30-15-16-31-14-11-26(35)33(22-4-2-1-3-5-22)17-12-20-6-9-24-25(18-20)38-19-37-24;2*3-2(4,5)1(6)7/h6-9,18,22,30-31,34H,1-5,10-17,19H2,(H,32,36);2*(H,6,7). The molecule has 0 unspecified atom stereocenters. The van der Waals surface area contributed by atoms with Crippen molar-refractivity contribution in [2.24, 2.45) is 0 Å². The molecule has 1 aliphatic heterocycles. The average Bonchev–Trinajstić information content (AvgIpc) is 3.74. The van der Waals surface area contributed by atoms with Crippen molar-refractivity contribution in [1.29, 1.82) is 0 Å². The summed E-state index contributed by atoms with van der Waals surface area (Å²) in [6.45, 7) is 3.98. The maximum Gasteiger partial charge on any atom is 0.490 e. The van der Waals surface area contributed by atoms with Crippen LogP contribution in [-0.2, 0) is 27.2 Å². The van der Waals surface area contributed by atoms with Crippen LogP contribution in [0.1, 0.15) is 49.7 Å². The number of alkyl halides is 6. The molecule has 20 heteroatoms. The number of aromatic hydroxyl groups is 1. The van der Waals surface area contributed by atoms with E-state index in [4.69, 9.17) is 29.3 Å². The Hall–Kier alpha value is -4.56. The first-order chi connectivity index (χ1) is 25.0. The number of nitrogens with zero attached hydrogens (tertiary/aromatic N) is 1. The normalized spacial score (nSPS) is 14.2. The number of hydrogen-bond donors (Lipinski definition) is 6. The molecular weight excluding hydrogens is 742 g/mol. The van der Waals surface area contributed by atoms with Crippen molar-refractivity contribution in [2.75, 3.05) is 39.5 Å². The van der Waals surface area contributed by atoms with Gasteiger partial charge in [-0.3, -0.25) is 9.59 Å². The van der Waals surface area contributed by atoms with Gasteiger partial charge in [-0.2, -0.15) is 26.3 Å². The first-order valence-corrected chi connectivity index (χ1v) is 17.3. The van der Waals surface area contributed by atoms with Gasteiger partial charge in [0, 0.05) is 38.6 Å². The predicted octanol–water partition coefficient (Wildman–Crippen LogP) is 4.81. The van der Waals surface area contributed by atoms with E-state index in [0.29, 0.717) is 24.5 Å². The number of benzene rings is 2. The highest BCUT2D eigenvalue weighted by Crippen LogP contribution is 2.33. The zero-order valence-electron chi connectivity index (χ0n) is 28.3. The summed E-state index contributed by atoms with van der Waals surface area (Å²) >= 11 is 1.13. The largest absolute Gasteiger partial charge is 0.506 e. The van der Waals surface area contributed by atoms with Crippen molar-refractivity contribution in [2.45, 2.75) is 69.8 Å². The van der Waals surface area contributed by atoms with Crippen LogP contribution in [-0.4, -0.2) is 101 Å². The number of carboxylic acid groups (broad SMARTS) is 2. The lowest BCUT2D eigenvalue weighted by molar-refractivity contribution is -0.193. The number of carbonyl (C=O) groups excluding carboxylic acids is 1. The number of ether oxygens (including phenoxy) is 2. The number of aromatic amines is 1. The Morgan fingerprint density at radius 2 is 1.45 bits per heavy atom. The van der Waals surface area contributed by atoms with Gasteiger partial charge in [0.05, 0.1) is 4.70 Å². The molecule has 2 aromatic carbocycles. The minimum absolute atomic E-state index is 0.105. The Labute approximate surface area is 302 Å². The summed E-state index contributed by atoms with van der Waals surface area (Å²) in [5.74, 6) is -3.60. The summed E-state index contributed by atoms with van der Waals surface area (Å²) in [5.41, 5.74) is 2.73. The number of carboxylic acids is 2. The van der Waals surface area contributed by atoms with Crippen LogP contribution in [0.3, 0.4) is 0 Å². The number of aromatic nitrogens is 1. The van der Waals surface area contributed by atoms with Crippen LogP contribution in [0.5, 0.6) is 17.2 Å². The lowest BCUT2D eigenvalue weighted by Gasteiger charge is -2.34. The van der Waals surface area contributed by atoms with Crippen LogP contribution in [0.4, 0.5) is 26.3 Å². The van der Waals surface area contributed by atoms with Gasteiger partial charge < -0.3 is 45.3 Å². The molecule has 0 saturated heterocycles. The van der Waals surface area contributed by atoms with Crippen LogP contribution in [0, 0.1) is 0 Å². The van der Waals surface area contributed by atoms with Gasteiger partial charge >= 0.3 is 29.2 Å². The number of rotatable bonds is 13. The highest BCUT2D eigenvalue weighted by molar-refractivity contribution is 7.16. The second-order valence-electron chi connectivity index (χ2n) is 11.9. The van der Waals surface area contributed by atoms with Gasteiger partial charge in [0.1, 0.15) is 11.3 Å². The summed E-state index contributed by atoms with van der Waals surface area (Å²) in [6.07, 6.45) is -2.25. The Kier molecular flexibility index (Phi) is 16.2. The van der Waals surface area contributed by atoms with E-state index in [2.05, 4.69) is 26.6 Å². The fourth-order valence-corrected chi connectivity index (χ4v) is 6.41. The number of phenolic OH excluding ortho intramolecular Hbond substituents is 1. The van der Waals surface area contributed by atoms with Gasteiger partial charge in [0.2, 0.25) is 12.7 Å². The number of fused-ring (bicyclic) bond motifs is 2. The summed E-state index contributed by atoms with van der Waals surface area (Å²) in [7, 11) is 0. The molecule has 6 N–H and O–H groups in total. The van der Waals surface area contributed by atoms with Crippen molar-refractivity contribution in [3.8, 4) is 17.2 Å². The third kappa shape index (κ3) is 14.1. The predicted molar refractivity (Wildman–Crippen MR) is 180 cm³/mol. The van der Waals surface area contributed by atoms with Gasteiger partial charge in [-0.1, -0.05) is 42.7 Å². The van der Waals surface area contributed by atoms with Crippen LogP contribution in [0.25, 0.3) is 10.2 Å². The highest BCUT2D eigenvalue weighted by atomic mass is 32.1. The molecule has 1 aromatic heterocycles. The van der Waals surface area contributed by atoms with E-state index < -0.39 is 24.3 Å². The average molecular weight is 783 g/mol. The molecule has 2 heterocycles. The maximum absolute atomic E-state index is 13.3. The number of thiazole rings is 1. The Bertz CT molecular complexity index is 1700. The van der Waals surface area contributed by atoms with Crippen molar-refractivity contribution in [3.63, 3.8) is 0 Å². The minimum Gasteiger partial charge on any atom is -0.506 e. The fourth-order valence-electron chi connectivity index (χ4n) is 5.51. The fraction of sp³-hybridized carbons (Fsp3) is 0.515. The lowest BCUT2D eigenvalue weighted by Crippen LogP contribution is -2.43. The summed E-state index contributed by atoms with van der Waals surface area (Å²) in [6, 6.07) is 9.89. The zero-order chi connectivity index (χ0) is 39.2. The molecule has 1 fully saturated rings. The van der Waals surface area contributed by atoms with E-state index in [1.54, 1.807) is 6.07 Å². The number of halogens is 6. The molecule has 2 aliphatic rings. The highest BCUT2D eigenvalue weighted by Gasteiger charge is 2.39. The monoisotopic (exact) mass is 782 g/mol. The molecule has 0 bridgehead atoms. The summed E-state index contributed by atoms with van der Waals surface area (Å²) < 4.78 is 75.2. The quantitative estimate of drug-likeness (QED) is 0.103. The summed E-state index contributed by atoms with van der Waals surface area (Å²) in [5, 5.41) is 31.0. The third-order valence-corrected chi connectivity index (χ3v) is 9.06. The Morgan fingerprint density at radius 3 is 2.08 bits per heavy atom. The lowest BCUT2D eigenvalue weighted by atomic mass is 9.93. The van der Waals surface area contributed by atoms with Crippen LogP contribution in [0.15, 0.2) is 35.1 Å². The molecular formula is C33H40F6N4O9S. The van der Waals surface area contributed by atoms with Gasteiger partial charge in [0.25, 0.3) is 0 Å². The molecule has 1 amide bonds. The Balaban J connectivity index is 0.000000458. The van der Waals surface area contributed by atoms with Crippen molar-refractivity contribution in [3.05, 3.63) is 51.1 Å². The smallest absolute Gasteiger partial charge is 0.490 e. The second kappa shape index (κ2) is 20.0. The number of carbonyl (C=O) groups is 3. The van der Waals surface area contributed by atoms with Crippen LogP contribution in [0.2, 0.25) is 0 Å². The SMILES string of the molecule is O=C(CCNCCNCCc1ccc(O)c2[nH]c(=O)sc12)N(CCc1ccc2c(c1)OCO2)C1CCCCC1.O=C(O)C(F)(F)F.O=C(O)C(F)(F)F. The first-order valence-electron chi connectivity index (χ1n) is 16.5. The first kappa shape index (κ1) is 42.8. The Morgan fingerprint density at radius 1 is 0.849 bits per heavy atom. The molecule has 13 nitrogen and oxygen atoms in total. The zero-order valence-corrected chi connectivity index (χ0v) is 29.1. The molecule has 0 spiro atoms. The van der Waals surface area contributed by atoms with Gasteiger partial charge in [-0.05, 0) is 61.6 Å². The van der Waals surface area contributed by atoms with Gasteiger partial charge in [-0.15, -0.1) is 0 Å². The third-order valence-electron chi connectivity index (χ3n) is 8.10. The van der Waals surface area contributed by atoms with E-state index >= 15 is 0 Å². The maximum atomic E-state index is 13.3.